The second kappa shape index (κ2) is 6.56. The molecule has 2 unspecified atom stereocenters. The number of sulfone groups is 1. The van der Waals surface area contributed by atoms with Gasteiger partial charge in [-0.05, 0) is 19.0 Å². The Labute approximate surface area is 119 Å². The van der Waals surface area contributed by atoms with Crippen molar-refractivity contribution < 1.29 is 18.3 Å². The molecule has 1 saturated heterocycles. The Morgan fingerprint density at radius 3 is 2.75 bits per heavy atom. The van der Waals surface area contributed by atoms with Crippen molar-refractivity contribution in [3.8, 4) is 5.75 Å². The van der Waals surface area contributed by atoms with Crippen LogP contribution in [0.15, 0.2) is 24.3 Å². The first-order valence-electron chi connectivity index (χ1n) is 6.85. The molecule has 0 radical (unpaired) electrons. The van der Waals surface area contributed by atoms with Crippen LogP contribution in [-0.2, 0) is 16.4 Å². The van der Waals surface area contributed by atoms with Gasteiger partial charge in [0, 0.05) is 12.1 Å². The van der Waals surface area contributed by atoms with E-state index in [4.69, 9.17) is 4.74 Å². The number of nitrogens with one attached hydrogen (secondary N) is 1. The van der Waals surface area contributed by atoms with Gasteiger partial charge in [-0.3, -0.25) is 0 Å². The predicted molar refractivity (Wildman–Crippen MR) is 77.5 cm³/mol. The summed E-state index contributed by atoms with van der Waals surface area (Å²) in [6, 6.07) is 7.50. The molecule has 5 nitrogen and oxygen atoms in total. The summed E-state index contributed by atoms with van der Waals surface area (Å²) in [5.41, 5.74) is 0.970. The molecular formula is C14H21NO4S. The van der Waals surface area contributed by atoms with Crippen LogP contribution in [-0.4, -0.2) is 43.8 Å². The minimum absolute atomic E-state index is 0.120. The highest BCUT2D eigenvalue weighted by Crippen LogP contribution is 2.23. The zero-order chi connectivity index (χ0) is 14.6. The van der Waals surface area contributed by atoms with Crippen molar-refractivity contribution in [2.45, 2.75) is 32.1 Å². The van der Waals surface area contributed by atoms with Gasteiger partial charge in [0.05, 0.1) is 11.5 Å². The highest BCUT2D eigenvalue weighted by molar-refractivity contribution is 7.91. The summed E-state index contributed by atoms with van der Waals surface area (Å²) >= 11 is 0. The highest BCUT2D eigenvalue weighted by atomic mass is 32.2. The lowest BCUT2D eigenvalue weighted by molar-refractivity contribution is 0.0731. The molecule has 1 fully saturated rings. The summed E-state index contributed by atoms with van der Waals surface area (Å²) in [7, 11) is -3.19. The molecule has 2 atom stereocenters. The molecule has 1 aromatic rings. The van der Waals surface area contributed by atoms with E-state index in [2.05, 4.69) is 12.2 Å². The Morgan fingerprint density at radius 2 is 2.10 bits per heavy atom. The van der Waals surface area contributed by atoms with Crippen LogP contribution >= 0.6 is 0 Å². The lowest BCUT2D eigenvalue weighted by Gasteiger charge is -2.18. The van der Waals surface area contributed by atoms with E-state index in [1.54, 1.807) is 6.07 Å². The Kier molecular flexibility index (Phi) is 5.01. The summed E-state index contributed by atoms with van der Waals surface area (Å²) in [5.74, 6) is 0.302. The average Bonchev–Trinajstić information content (AvgIpc) is 2.64. The van der Waals surface area contributed by atoms with E-state index in [0.29, 0.717) is 12.3 Å². The monoisotopic (exact) mass is 299 g/mol. The van der Waals surface area contributed by atoms with Gasteiger partial charge in [-0.2, -0.15) is 0 Å². The average molecular weight is 299 g/mol. The van der Waals surface area contributed by atoms with Gasteiger partial charge in [0.2, 0.25) is 0 Å². The maximum Gasteiger partial charge on any atom is 0.156 e. The van der Waals surface area contributed by atoms with Gasteiger partial charge in [-0.1, -0.05) is 25.1 Å². The van der Waals surface area contributed by atoms with Gasteiger partial charge in [0.15, 0.2) is 9.84 Å². The van der Waals surface area contributed by atoms with E-state index in [9.17, 15) is 13.5 Å². The van der Waals surface area contributed by atoms with Crippen molar-refractivity contribution >= 4 is 9.84 Å². The van der Waals surface area contributed by atoms with Crippen LogP contribution in [0.2, 0.25) is 0 Å². The number of hydrogen-bond donors (Lipinski definition) is 2. The molecule has 0 bridgehead atoms. The van der Waals surface area contributed by atoms with Crippen molar-refractivity contribution in [3.05, 3.63) is 29.8 Å². The fourth-order valence-corrected chi connectivity index (χ4v) is 3.90. The summed E-state index contributed by atoms with van der Waals surface area (Å²) in [6.07, 6.45) is -0.577. The van der Waals surface area contributed by atoms with Crippen LogP contribution < -0.4 is 10.1 Å². The van der Waals surface area contributed by atoms with E-state index in [1.807, 2.05) is 18.2 Å². The Hall–Kier alpha value is -1.11. The molecule has 112 valence electrons. The molecule has 20 heavy (non-hydrogen) atoms. The maximum atomic E-state index is 11.5. The van der Waals surface area contributed by atoms with E-state index in [0.717, 1.165) is 18.5 Å². The SMILES string of the molecule is CCCNCc1ccccc1OC1CS(=O)(=O)CC1O. The van der Waals surface area contributed by atoms with Crippen LogP contribution in [0.3, 0.4) is 0 Å². The largest absolute Gasteiger partial charge is 0.486 e. The van der Waals surface area contributed by atoms with Gasteiger partial charge >= 0.3 is 0 Å². The van der Waals surface area contributed by atoms with E-state index in [1.165, 1.54) is 0 Å². The van der Waals surface area contributed by atoms with Crippen molar-refractivity contribution in [2.24, 2.45) is 0 Å². The van der Waals surface area contributed by atoms with Crippen LogP contribution in [0.1, 0.15) is 18.9 Å². The van der Waals surface area contributed by atoms with Crippen molar-refractivity contribution in [2.75, 3.05) is 18.1 Å². The van der Waals surface area contributed by atoms with Crippen molar-refractivity contribution in [1.82, 2.24) is 5.32 Å². The third kappa shape index (κ3) is 3.94. The van der Waals surface area contributed by atoms with E-state index < -0.39 is 22.0 Å². The summed E-state index contributed by atoms with van der Waals surface area (Å²) in [6.45, 7) is 3.67. The molecule has 1 aliphatic heterocycles. The van der Waals surface area contributed by atoms with Gasteiger partial charge in [0.1, 0.15) is 18.0 Å². The predicted octanol–water partition coefficient (Wildman–Crippen LogP) is 0.723. The number of ether oxygens (including phenoxy) is 1. The molecule has 0 spiro atoms. The lowest BCUT2D eigenvalue weighted by Crippen LogP contribution is -2.30. The first-order chi connectivity index (χ1) is 9.52. The highest BCUT2D eigenvalue weighted by Gasteiger charge is 2.38. The third-order valence-electron chi connectivity index (χ3n) is 3.27. The Morgan fingerprint density at radius 1 is 1.35 bits per heavy atom. The van der Waals surface area contributed by atoms with Crippen molar-refractivity contribution in [3.63, 3.8) is 0 Å². The van der Waals surface area contributed by atoms with Gasteiger partial charge in [0.25, 0.3) is 0 Å². The summed E-state index contributed by atoms with van der Waals surface area (Å²) < 4.78 is 28.7. The first kappa shape index (κ1) is 15.3. The zero-order valence-electron chi connectivity index (χ0n) is 11.6. The number of benzene rings is 1. The molecule has 6 heteroatoms. The first-order valence-corrected chi connectivity index (χ1v) is 8.68. The van der Waals surface area contributed by atoms with Crippen LogP contribution in [0.5, 0.6) is 5.75 Å². The molecule has 0 aromatic heterocycles. The molecule has 2 rings (SSSR count). The quantitative estimate of drug-likeness (QED) is 0.757. The number of para-hydroxylation sites is 1. The molecular weight excluding hydrogens is 278 g/mol. The maximum absolute atomic E-state index is 11.5. The zero-order valence-corrected chi connectivity index (χ0v) is 12.4. The topological polar surface area (TPSA) is 75.6 Å². The molecule has 0 aliphatic carbocycles. The van der Waals surface area contributed by atoms with Crippen LogP contribution in [0.25, 0.3) is 0 Å². The molecule has 0 saturated carbocycles. The Bertz CT molecular complexity index is 544. The standard InChI is InChI=1S/C14H21NO4S/c1-2-7-15-8-11-5-3-4-6-13(11)19-14-10-20(17,18)9-12(14)16/h3-6,12,14-16H,2,7-10H2,1H3. The molecule has 1 aromatic carbocycles. The summed E-state index contributed by atoms with van der Waals surface area (Å²) in [4.78, 5) is 0. The molecule has 2 N–H and O–H groups in total. The molecule has 1 heterocycles. The van der Waals surface area contributed by atoms with Crippen LogP contribution in [0.4, 0.5) is 0 Å². The minimum atomic E-state index is -3.19. The smallest absolute Gasteiger partial charge is 0.156 e. The fraction of sp³-hybridized carbons (Fsp3) is 0.571. The van der Waals surface area contributed by atoms with Crippen molar-refractivity contribution in [1.29, 1.82) is 0 Å². The van der Waals surface area contributed by atoms with Gasteiger partial charge in [-0.25, -0.2) is 8.42 Å². The second-order valence-electron chi connectivity index (χ2n) is 5.09. The van der Waals surface area contributed by atoms with Crippen LogP contribution in [0, 0.1) is 0 Å². The Balaban J connectivity index is 2.05. The number of aliphatic hydroxyl groups is 1. The second-order valence-corrected chi connectivity index (χ2v) is 7.24. The molecule has 0 amide bonds. The molecule has 1 aliphatic rings. The number of rotatable bonds is 6. The fourth-order valence-electron chi connectivity index (χ4n) is 2.24. The van der Waals surface area contributed by atoms with Gasteiger partial charge < -0.3 is 15.2 Å². The number of aliphatic hydroxyl groups excluding tert-OH is 1. The number of hydrogen-bond acceptors (Lipinski definition) is 5. The van der Waals surface area contributed by atoms with E-state index >= 15 is 0 Å². The summed E-state index contributed by atoms with van der Waals surface area (Å²) in [5, 5.41) is 13.1. The minimum Gasteiger partial charge on any atom is -0.486 e. The third-order valence-corrected chi connectivity index (χ3v) is 4.95. The lowest BCUT2D eigenvalue weighted by atomic mass is 10.2. The van der Waals surface area contributed by atoms with Gasteiger partial charge in [-0.15, -0.1) is 0 Å². The normalized spacial score (nSPS) is 24.7. The van der Waals surface area contributed by atoms with E-state index in [-0.39, 0.29) is 11.5 Å².